The zero-order valence-electron chi connectivity index (χ0n) is 19.1. The van der Waals surface area contributed by atoms with Gasteiger partial charge in [0.1, 0.15) is 11.6 Å². The molecule has 2 N–H and O–H groups in total. The Morgan fingerprint density at radius 1 is 1.03 bits per heavy atom. The number of ether oxygens (including phenoxy) is 1. The molecule has 1 fully saturated rings. The van der Waals surface area contributed by atoms with Crippen LogP contribution in [0.25, 0.3) is 0 Å². The number of rotatable bonds is 5. The predicted molar refractivity (Wildman–Crippen MR) is 123 cm³/mol. The van der Waals surface area contributed by atoms with E-state index in [1.807, 2.05) is 55.5 Å². The quantitative estimate of drug-likeness (QED) is 0.687. The second-order valence-corrected chi connectivity index (χ2v) is 9.03. The molecule has 7 heteroatoms. The molecular formula is C25H31N3O4. The van der Waals surface area contributed by atoms with Crippen molar-refractivity contribution in [2.75, 3.05) is 11.9 Å². The summed E-state index contributed by atoms with van der Waals surface area (Å²) in [6, 6.07) is 15.6. The summed E-state index contributed by atoms with van der Waals surface area (Å²) in [6.45, 7) is 7.12. The first-order chi connectivity index (χ1) is 15.1. The summed E-state index contributed by atoms with van der Waals surface area (Å²) in [5, 5.41) is 5.34. The Balaban J connectivity index is 1.71. The molecule has 0 unspecified atom stereocenters. The number of amides is 3. The summed E-state index contributed by atoms with van der Waals surface area (Å²) in [7, 11) is 0. The summed E-state index contributed by atoms with van der Waals surface area (Å²) >= 11 is 0. The Kier molecular flexibility index (Phi) is 7.18. The van der Waals surface area contributed by atoms with E-state index in [0.717, 1.165) is 11.1 Å². The highest BCUT2D eigenvalue weighted by Crippen LogP contribution is 2.37. The van der Waals surface area contributed by atoms with Crippen molar-refractivity contribution >= 4 is 23.6 Å². The van der Waals surface area contributed by atoms with Crippen LogP contribution in [0.2, 0.25) is 0 Å². The first-order valence-electron chi connectivity index (χ1n) is 10.8. The van der Waals surface area contributed by atoms with Gasteiger partial charge in [-0.3, -0.25) is 4.79 Å². The van der Waals surface area contributed by atoms with Crippen LogP contribution in [0, 0.1) is 6.92 Å². The number of aryl methyl sites for hydroxylation is 1. The Morgan fingerprint density at radius 2 is 1.75 bits per heavy atom. The minimum atomic E-state index is -0.687. The van der Waals surface area contributed by atoms with Gasteiger partial charge in [0.2, 0.25) is 5.91 Å². The molecule has 0 bridgehead atoms. The molecule has 1 aliphatic heterocycles. The van der Waals surface area contributed by atoms with Crippen molar-refractivity contribution < 1.29 is 19.1 Å². The van der Waals surface area contributed by atoms with Crippen molar-refractivity contribution in [1.82, 2.24) is 10.2 Å². The van der Waals surface area contributed by atoms with Gasteiger partial charge in [0, 0.05) is 5.69 Å². The molecule has 32 heavy (non-hydrogen) atoms. The molecular weight excluding hydrogens is 406 g/mol. The molecule has 2 atom stereocenters. The van der Waals surface area contributed by atoms with Crippen molar-refractivity contribution in [2.45, 2.75) is 58.2 Å². The van der Waals surface area contributed by atoms with Crippen LogP contribution < -0.4 is 10.6 Å². The Morgan fingerprint density at radius 3 is 2.41 bits per heavy atom. The molecule has 0 aliphatic carbocycles. The molecule has 1 saturated heterocycles. The van der Waals surface area contributed by atoms with Gasteiger partial charge in [-0.25, -0.2) is 9.59 Å². The standard InChI is InChI=1S/C25H31N3O4/c1-17-9-8-12-19(15-17)27-24(31)26-16-22(29)28-20(18-10-6-5-7-11-18)13-14-21(28)23(30)32-25(2,3)4/h5-12,15,20-21H,13-14,16H2,1-4H3,(H2,26,27,31)/t20-,21+/m1/s1. The third-order valence-corrected chi connectivity index (χ3v) is 5.21. The first-order valence-corrected chi connectivity index (χ1v) is 10.8. The molecule has 1 heterocycles. The second kappa shape index (κ2) is 9.85. The van der Waals surface area contributed by atoms with Crippen LogP contribution >= 0.6 is 0 Å². The lowest BCUT2D eigenvalue weighted by molar-refractivity contribution is -0.164. The lowest BCUT2D eigenvalue weighted by Gasteiger charge is -2.31. The number of nitrogens with one attached hydrogen (secondary N) is 2. The van der Waals surface area contributed by atoms with Gasteiger partial charge in [-0.15, -0.1) is 0 Å². The predicted octanol–water partition coefficient (Wildman–Crippen LogP) is 4.19. The van der Waals surface area contributed by atoms with Crippen LogP contribution in [0.1, 0.15) is 50.8 Å². The van der Waals surface area contributed by atoms with E-state index in [0.29, 0.717) is 18.5 Å². The summed E-state index contributed by atoms with van der Waals surface area (Å²) in [5.41, 5.74) is 1.96. The third-order valence-electron chi connectivity index (χ3n) is 5.21. The van der Waals surface area contributed by atoms with Crippen molar-refractivity contribution in [3.05, 3.63) is 65.7 Å². The van der Waals surface area contributed by atoms with Gasteiger partial charge in [0.25, 0.3) is 0 Å². The average molecular weight is 438 g/mol. The Labute approximate surface area is 189 Å². The molecule has 2 aromatic rings. The third kappa shape index (κ3) is 6.09. The van der Waals surface area contributed by atoms with E-state index in [9.17, 15) is 14.4 Å². The van der Waals surface area contributed by atoms with Crippen LogP contribution in [0.5, 0.6) is 0 Å². The van der Waals surface area contributed by atoms with Gasteiger partial charge in [0.05, 0.1) is 12.6 Å². The van der Waals surface area contributed by atoms with E-state index in [1.165, 1.54) is 0 Å². The van der Waals surface area contributed by atoms with Crippen molar-refractivity contribution in [3.8, 4) is 0 Å². The van der Waals surface area contributed by atoms with Crippen LogP contribution in [-0.4, -0.2) is 41.0 Å². The number of carbonyl (C=O) groups excluding carboxylic acids is 3. The number of carbonyl (C=O) groups is 3. The zero-order valence-corrected chi connectivity index (χ0v) is 19.1. The van der Waals surface area contributed by atoms with Crippen LogP contribution in [0.4, 0.5) is 10.5 Å². The topological polar surface area (TPSA) is 87.7 Å². The maximum absolute atomic E-state index is 13.2. The number of nitrogens with zero attached hydrogens (tertiary/aromatic N) is 1. The van der Waals surface area contributed by atoms with Crippen molar-refractivity contribution in [2.24, 2.45) is 0 Å². The van der Waals surface area contributed by atoms with Crippen molar-refractivity contribution in [3.63, 3.8) is 0 Å². The van der Waals surface area contributed by atoms with Crippen LogP contribution in [0.3, 0.4) is 0 Å². The van der Waals surface area contributed by atoms with E-state index in [4.69, 9.17) is 4.74 Å². The molecule has 0 spiro atoms. The molecule has 2 aromatic carbocycles. The normalized spacial score (nSPS) is 18.2. The average Bonchev–Trinajstić information content (AvgIpc) is 3.17. The summed E-state index contributed by atoms with van der Waals surface area (Å²) in [5.74, 6) is -0.750. The molecule has 3 amide bonds. The van der Waals surface area contributed by atoms with E-state index in [2.05, 4.69) is 10.6 Å². The maximum Gasteiger partial charge on any atom is 0.329 e. The van der Waals surface area contributed by atoms with Gasteiger partial charge in [-0.2, -0.15) is 0 Å². The highest BCUT2D eigenvalue weighted by atomic mass is 16.6. The van der Waals surface area contributed by atoms with E-state index in [-0.39, 0.29) is 18.5 Å². The second-order valence-electron chi connectivity index (χ2n) is 9.03. The van der Waals surface area contributed by atoms with Crippen molar-refractivity contribution in [1.29, 1.82) is 0 Å². The fraction of sp³-hybridized carbons (Fsp3) is 0.400. The number of likely N-dealkylation sites (tertiary alicyclic amines) is 1. The lowest BCUT2D eigenvalue weighted by Crippen LogP contribution is -2.48. The molecule has 170 valence electrons. The fourth-order valence-electron chi connectivity index (χ4n) is 3.91. The van der Waals surface area contributed by atoms with E-state index < -0.39 is 23.6 Å². The smallest absolute Gasteiger partial charge is 0.329 e. The minimum Gasteiger partial charge on any atom is -0.458 e. The number of esters is 1. The first kappa shape index (κ1) is 23.3. The van der Waals surface area contributed by atoms with E-state index in [1.54, 1.807) is 31.7 Å². The highest BCUT2D eigenvalue weighted by Gasteiger charge is 2.43. The Hall–Kier alpha value is -3.35. The number of anilines is 1. The summed E-state index contributed by atoms with van der Waals surface area (Å²) in [4.78, 5) is 39.9. The Bertz CT molecular complexity index is 969. The minimum absolute atomic E-state index is 0.222. The number of benzene rings is 2. The van der Waals surface area contributed by atoms with Gasteiger partial charge in [-0.1, -0.05) is 42.5 Å². The number of urea groups is 1. The largest absolute Gasteiger partial charge is 0.458 e. The van der Waals surface area contributed by atoms with Gasteiger partial charge in [0.15, 0.2) is 0 Å². The zero-order chi connectivity index (χ0) is 23.3. The maximum atomic E-state index is 13.2. The number of hydrogen-bond acceptors (Lipinski definition) is 4. The van der Waals surface area contributed by atoms with Gasteiger partial charge >= 0.3 is 12.0 Å². The highest BCUT2D eigenvalue weighted by molar-refractivity contribution is 5.93. The van der Waals surface area contributed by atoms with Crippen LogP contribution in [0.15, 0.2) is 54.6 Å². The molecule has 0 aromatic heterocycles. The molecule has 1 aliphatic rings. The SMILES string of the molecule is Cc1cccc(NC(=O)NCC(=O)N2[C@@H](c3ccccc3)CC[C@H]2C(=O)OC(C)(C)C)c1. The van der Waals surface area contributed by atoms with Crippen LogP contribution in [-0.2, 0) is 14.3 Å². The summed E-state index contributed by atoms with van der Waals surface area (Å²) < 4.78 is 5.57. The molecule has 0 radical (unpaired) electrons. The number of hydrogen-bond donors (Lipinski definition) is 2. The molecule has 3 rings (SSSR count). The van der Waals surface area contributed by atoms with E-state index >= 15 is 0 Å². The van der Waals surface area contributed by atoms with Gasteiger partial charge < -0.3 is 20.3 Å². The fourth-order valence-corrected chi connectivity index (χ4v) is 3.91. The monoisotopic (exact) mass is 437 g/mol. The molecule has 0 saturated carbocycles. The summed E-state index contributed by atoms with van der Waals surface area (Å²) in [6.07, 6.45) is 1.16. The lowest BCUT2D eigenvalue weighted by atomic mass is 10.0. The molecule has 7 nitrogen and oxygen atoms in total. The van der Waals surface area contributed by atoms with Gasteiger partial charge in [-0.05, 0) is 63.8 Å².